The molecule has 1 aliphatic rings. The number of rotatable bonds is 6. The number of carbonyl (C=O) groups excluding carboxylic acids is 2. The van der Waals surface area contributed by atoms with Gasteiger partial charge in [-0.25, -0.2) is 0 Å². The van der Waals surface area contributed by atoms with E-state index in [1.807, 2.05) is 47.4 Å². The summed E-state index contributed by atoms with van der Waals surface area (Å²) in [6.07, 6.45) is 0. The second kappa shape index (κ2) is 9.78. The van der Waals surface area contributed by atoms with E-state index in [-0.39, 0.29) is 11.8 Å². The van der Waals surface area contributed by atoms with Crippen molar-refractivity contribution >= 4 is 40.9 Å². The highest BCUT2D eigenvalue weighted by molar-refractivity contribution is 8.00. The van der Waals surface area contributed by atoms with E-state index in [4.69, 9.17) is 11.6 Å². The lowest BCUT2D eigenvalue weighted by atomic mass is 10.3. The van der Waals surface area contributed by atoms with Crippen molar-refractivity contribution < 1.29 is 9.59 Å². The number of hydrogen-bond donors (Lipinski definition) is 1. The molecule has 0 aliphatic carbocycles. The summed E-state index contributed by atoms with van der Waals surface area (Å²) in [5.41, 5.74) is 0.621. The van der Waals surface area contributed by atoms with Gasteiger partial charge < -0.3 is 10.2 Å². The molecule has 1 fully saturated rings. The van der Waals surface area contributed by atoms with E-state index in [9.17, 15) is 9.59 Å². The fraction of sp³-hybridized carbons (Fsp3) is 0.300. The monoisotopic (exact) mass is 403 g/mol. The van der Waals surface area contributed by atoms with E-state index >= 15 is 0 Å². The first-order chi connectivity index (χ1) is 13.1. The molecule has 2 aromatic rings. The van der Waals surface area contributed by atoms with Gasteiger partial charge in [0, 0.05) is 31.1 Å². The van der Waals surface area contributed by atoms with Gasteiger partial charge in [-0.05, 0) is 24.3 Å². The Morgan fingerprint density at radius 2 is 1.63 bits per heavy atom. The van der Waals surface area contributed by atoms with Gasteiger partial charge in [-0.3, -0.25) is 14.5 Å². The Labute approximate surface area is 168 Å². The van der Waals surface area contributed by atoms with Crippen LogP contribution in [-0.2, 0) is 9.59 Å². The number of carbonyl (C=O) groups is 2. The maximum Gasteiger partial charge on any atom is 0.238 e. The zero-order valence-corrected chi connectivity index (χ0v) is 16.5. The fourth-order valence-corrected chi connectivity index (χ4v) is 3.87. The molecule has 1 saturated heterocycles. The van der Waals surface area contributed by atoms with E-state index in [0.717, 1.165) is 4.90 Å². The number of piperazine rings is 1. The zero-order chi connectivity index (χ0) is 19.1. The Morgan fingerprint density at radius 3 is 2.33 bits per heavy atom. The average Bonchev–Trinajstić information content (AvgIpc) is 2.69. The highest BCUT2D eigenvalue weighted by Crippen LogP contribution is 2.20. The lowest BCUT2D eigenvalue weighted by Crippen LogP contribution is -2.50. The second-order valence-electron chi connectivity index (χ2n) is 6.29. The molecule has 0 aromatic heterocycles. The predicted octanol–water partition coefficient (Wildman–Crippen LogP) is 3.22. The normalized spacial score (nSPS) is 14.8. The Hall–Kier alpha value is -2.02. The van der Waals surface area contributed by atoms with Gasteiger partial charge in [-0.2, -0.15) is 0 Å². The second-order valence-corrected chi connectivity index (χ2v) is 7.74. The van der Waals surface area contributed by atoms with E-state index in [1.165, 1.54) is 0 Å². The van der Waals surface area contributed by atoms with Crippen LogP contribution in [0.4, 0.5) is 5.69 Å². The van der Waals surface area contributed by atoms with E-state index < -0.39 is 0 Å². The van der Waals surface area contributed by atoms with Crippen LogP contribution in [0.1, 0.15) is 0 Å². The van der Waals surface area contributed by atoms with Crippen LogP contribution in [0.3, 0.4) is 0 Å². The van der Waals surface area contributed by atoms with Crippen LogP contribution in [0.5, 0.6) is 0 Å². The number of anilines is 1. The molecule has 1 N–H and O–H groups in total. The van der Waals surface area contributed by atoms with Crippen molar-refractivity contribution in [2.24, 2.45) is 0 Å². The Balaban J connectivity index is 1.40. The summed E-state index contributed by atoms with van der Waals surface area (Å²) in [7, 11) is 0. The first-order valence-electron chi connectivity index (χ1n) is 8.84. The quantitative estimate of drug-likeness (QED) is 0.752. The number of amides is 2. The molecule has 2 aromatic carbocycles. The summed E-state index contributed by atoms with van der Waals surface area (Å²) >= 11 is 7.62. The van der Waals surface area contributed by atoms with Gasteiger partial charge in [0.2, 0.25) is 11.8 Å². The van der Waals surface area contributed by atoms with Gasteiger partial charge >= 0.3 is 0 Å². The Kier molecular flexibility index (Phi) is 7.15. The average molecular weight is 404 g/mol. The van der Waals surface area contributed by atoms with Crippen LogP contribution in [-0.4, -0.2) is 60.1 Å². The molecule has 5 nitrogen and oxygen atoms in total. The molecule has 0 atom stereocenters. The molecular formula is C20H22ClN3O2S. The SMILES string of the molecule is O=C(CN1CCN(C(=O)CSc2ccccc2)CC1)Nc1ccccc1Cl. The smallest absolute Gasteiger partial charge is 0.238 e. The van der Waals surface area contributed by atoms with Crippen LogP contribution < -0.4 is 5.32 Å². The predicted molar refractivity (Wildman–Crippen MR) is 110 cm³/mol. The first kappa shape index (κ1) is 19.7. The third-order valence-corrected chi connectivity index (χ3v) is 5.67. The summed E-state index contributed by atoms with van der Waals surface area (Å²) in [4.78, 5) is 29.6. The minimum atomic E-state index is -0.0949. The highest BCUT2D eigenvalue weighted by atomic mass is 35.5. The van der Waals surface area contributed by atoms with Crippen molar-refractivity contribution in [2.45, 2.75) is 4.90 Å². The summed E-state index contributed by atoms with van der Waals surface area (Å²) < 4.78 is 0. The lowest BCUT2D eigenvalue weighted by molar-refractivity contribution is -0.130. The molecule has 1 aliphatic heterocycles. The number of halogens is 1. The lowest BCUT2D eigenvalue weighted by Gasteiger charge is -2.34. The van der Waals surface area contributed by atoms with E-state index in [0.29, 0.717) is 49.2 Å². The number of para-hydroxylation sites is 1. The van der Waals surface area contributed by atoms with Crippen molar-refractivity contribution in [2.75, 3.05) is 43.8 Å². The van der Waals surface area contributed by atoms with Crippen molar-refractivity contribution in [3.8, 4) is 0 Å². The van der Waals surface area contributed by atoms with Gasteiger partial charge in [0.25, 0.3) is 0 Å². The van der Waals surface area contributed by atoms with E-state index in [2.05, 4.69) is 10.2 Å². The minimum Gasteiger partial charge on any atom is -0.339 e. The molecule has 0 spiro atoms. The van der Waals surface area contributed by atoms with Gasteiger partial charge in [0.05, 0.1) is 23.0 Å². The molecule has 0 radical (unpaired) electrons. The molecule has 3 rings (SSSR count). The Bertz CT molecular complexity index is 780. The molecule has 2 amide bonds. The number of hydrogen-bond acceptors (Lipinski definition) is 4. The maximum atomic E-state index is 12.4. The molecule has 7 heteroatoms. The summed E-state index contributed by atoms with van der Waals surface area (Å²) in [6.45, 7) is 2.97. The van der Waals surface area contributed by atoms with Crippen molar-refractivity contribution in [1.29, 1.82) is 0 Å². The zero-order valence-electron chi connectivity index (χ0n) is 14.9. The number of thioether (sulfide) groups is 1. The molecule has 142 valence electrons. The number of nitrogens with one attached hydrogen (secondary N) is 1. The molecular weight excluding hydrogens is 382 g/mol. The van der Waals surface area contributed by atoms with Gasteiger partial charge in [-0.15, -0.1) is 11.8 Å². The molecule has 27 heavy (non-hydrogen) atoms. The van der Waals surface area contributed by atoms with E-state index in [1.54, 1.807) is 23.9 Å². The molecule has 0 saturated carbocycles. The minimum absolute atomic E-state index is 0.0949. The van der Waals surface area contributed by atoms with Crippen LogP contribution in [0.25, 0.3) is 0 Å². The molecule has 1 heterocycles. The summed E-state index contributed by atoms with van der Waals surface area (Å²) in [6, 6.07) is 17.1. The van der Waals surface area contributed by atoms with Crippen molar-refractivity contribution in [3.05, 3.63) is 59.6 Å². The molecule has 0 unspecified atom stereocenters. The van der Waals surface area contributed by atoms with Crippen molar-refractivity contribution in [1.82, 2.24) is 9.80 Å². The highest BCUT2D eigenvalue weighted by Gasteiger charge is 2.22. The van der Waals surface area contributed by atoms with Crippen LogP contribution >= 0.6 is 23.4 Å². The topological polar surface area (TPSA) is 52.7 Å². The summed E-state index contributed by atoms with van der Waals surface area (Å²) in [5, 5.41) is 3.36. The Morgan fingerprint density at radius 1 is 0.963 bits per heavy atom. The third kappa shape index (κ3) is 5.99. The van der Waals surface area contributed by atoms with Crippen LogP contribution in [0, 0.1) is 0 Å². The maximum absolute atomic E-state index is 12.4. The first-order valence-corrected chi connectivity index (χ1v) is 10.2. The summed E-state index contributed by atoms with van der Waals surface area (Å²) in [5.74, 6) is 0.489. The molecule has 0 bridgehead atoms. The largest absolute Gasteiger partial charge is 0.339 e. The van der Waals surface area contributed by atoms with Crippen LogP contribution in [0.2, 0.25) is 5.02 Å². The van der Waals surface area contributed by atoms with Crippen LogP contribution in [0.15, 0.2) is 59.5 Å². The number of benzene rings is 2. The van der Waals surface area contributed by atoms with Gasteiger partial charge in [0.1, 0.15) is 0 Å². The fourth-order valence-electron chi connectivity index (χ4n) is 2.86. The van der Waals surface area contributed by atoms with Gasteiger partial charge in [-0.1, -0.05) is 41.9 Å². The standard InChI is InChI=1S/C20H22ClN3O2S/c21-17-8-4-5-9-18(17)22-19(25)14-23-10-12-24(13-11-23)20(26)15-27-16-6-2-1-3-7-16/h1-9H,10-15H2,(H,22,25). The number of nitrogens with zero attached hydrogens (tertiary/aromatic N) is 2. The third-order valence-electron chi connectivity index (χ3n) is 4.35. The van der Waals surface area contributed by atoms with Gasteiger partial charge in [0.15, 0.2) is 0 Å². The van der Waals surface area contributed by atoms with Crippen molar-refractivity contribution in [3.63, 3.8) is 0 Å².